The zero-order chi connectivity index (χ0) is 20.2. The summed E-state index contributed by atoms with van der Waals surface area (Å²) < 4.78 is 0. The van der Waals surface area contributed by atoms with Gasteiger partial charge < -0.3 is 0 Å². The van der Waals surface area contributed by atoms with Crippen molar-refractivity contribution in [1.82, 2.24) is 0 Å². The Morgan fingerprint density at radius 2 is 1.24 bits per heavy atom. The monoisotopic (exact) mass is 385 g/mol. The van der Waals surface area contributed by atoms with E-state index in [0.29, 0.717) is 11.8 Å². The number of fused-ring (bicyclic) bond motifs is 11. The predicted octanol–water partition coefficient (Wildman–Crippen LogP) is 5.06. The minimum Gasteiger partial charge on any atom is -0.274 e. The SMILES string of the molecule is CC(C)=C1[C@H]2CC[C@H]1C1=C2[C@H]2C(=C(C)C)[C@H]1[C@@H]1C(=O)N(c3ccccc3)C(=O)[C@H]21. The van der Waals surface area contributed by atoms with Crippen LogP contribution in [0.15, 0.2) is 63.8 Å². The van der Waals surface area contributed by atoms with E-state index in [-0.39, 0.29) is 35.5 Å². The number of imide groups is 1. The molecule has 6 atom stereocenters. The second-order valence-electron chi connectivity index (χ2n) is 9.86. The largest absolute Gasteiger partial charge is 0.274 e. The van der Waals surface area contributed by atoms with E-state index in [2.05, 4.69) is 27.7 Å². The second kappa shape index (κ2) is 5.59. The smallest absolute Gasteiger partial charge is 0.238 e. The molecule has 0 aromatic heterocycles. The van der Waals surface area contributed by atoms with Gasteiger partial charge >= 0.3 is 0 Å². The lowest BCUT2D eigenvalue weighted by molar-refractivity contribution is -0.123. The highest BCUT2D eigenvalue weighted by Crippen LogP contribution is 2.72. The van der Waals surface area contributed by atoms with Crippen LogP contribution in [0.5, 0.6) is 0 Å². The number of amides is 2. The van der Waals surface area contributed by atoms with Gasteiger partial charge in [-0.05, 0) is 52.7 Å². The van der Waals surface area contributed by atoms with Crippen molar-refractivity contribution in [1.29, 1.82) is 0 Å². The Labute approximate surface area is 172 Å². The van der Waals surface area contributed by atoms with Gasteiger partial charge in [0.1, 0.15) is 0 Å². The molecular formula is C26H27NO2. The fourth-order valence-electron chi connectivity index (χ4n) is 7.59. The zero-order valence-corrected chi connectivity index (χ0v) is 17.5. The van der Waals surface area contributed by atoms with Gasteiger partial charge in [0.2, 0.25) is 11.8 Å². The number of anilines is 1. The average molecular weight is 386 g/mol. The van der Waals surface area contributed by atoms with Crippen molar-refractivity contribution in [3.63, 3.8) is 0 Å². The molecule has 0 unspecified atom stereocenters. The molecule has 2 saturated carbocycles. The minimum atomic E-state index is -0.200. The first-order chi connectivity index (χ1) is 13.9. The quantitative estimate of drug-likeness (QED) is 0.385. The van der Waals surface area contributed by atoms with Crippen LogP contribution >= 0.6 is 0 Å². The molecule has 29 heavy (non-hydrogen) atoms. The molecule has 1 heterocycles. The van der Waals surface area contributed by atoms with Crippen LogP contribution in [0.2, 0.25) is 0 Å². The van der Waals surface area contributed by atoms with Crippen molar-refractivity contribution in [3.8, 4) is 0 Å². The Morgan fingerprint density at radius 3 is 1.69 bits per heavy atom. The topological polar surface area (TPSA) is 37.4 Å². The van der Waals surface area contributed by atoms with E-state index in [0.717, 1.165) is 5.69 Å². The van der Waals surface area contributed by atoms with Gasteiger partial charge in [-0.25, -0.2) is 4.90 Å². The number of carbonyl (C=O) groups is 2. The molecule has 3 heteroatoms. The molecule has 1 saturated heterocycles. The lowest BCUT2D eigenvalue weighted by atomic mass is 9.72. The molecule has 3 fully saturated rings. The van der Waals surface area contributed by atoms with Crippen molar-refractivity contribution in [3.05, 3.63) is 63.8 Å². The molecule has 4 aliphatic carbocycles. The van der Waals surface area contributed by atoms with Gasteiger partial charge in [0.25, 0.3) is 0 Å². The number of hydrogen-bond acceptors (Lipinski definition) is 2. The molecule has 0 spiro atoms. The molecule has 1 aromatic carbocycles. The number of hydrogen-bond donors (Lipinski definition) is 0. The zero-order valence-electron chi connectivity index (χ0n) is 17.5. The fourth-order valence-corrected chi connectivity index (χ4v) is 7.59. The summed E-state index contributed by atoms with van der Waals surface area (Å²) in [6, 6.07) is 9.49. The lowest BCUT2D eigenvalue weighted by Gasteiger charge is -2.28. The van der Waals surface area contributed by atoms with Crippen LogP contribution in [-0.4, -0.2) is 11.8 Å². The Hall–Kier alpha value is -2.42. The molecule has 6 rings (SSSR count). The van der Waals surface area contributed by atoms with E-state index in [1.165, 1.54) is 45.6 Å². The Balaban J connectivity index is 1.51. The van der Waals surface area contributed by atoms with Crippen LogP contribution in [-0.2, 0) is 9.59 Å². The van der Waals surface area contributed by atoms with Crippen molar-refractivity contribution in [2.75, 3.05) is 4.90 Å². The summed E-state index contributed by atoms with van der Waals surface area (Å²) >= 11 is 0. The fraction of sp³-hybridized carbons (Fsp3) is 0.462. The van der Waals surface area contributed by atoms with E-state index in [4.69, 9.17) is 0 Å². The summed E-state index contributed by atoms with van der Waals surface area (Å²) in [5.41, 5.74) is 9.57. The Morgan fingerprint density at radius 1 is 0.759 bits per heavy atom. The Kier molecular flexibility index (Phi) is 3.36. The predicted molar refractivity (Wildman–Crippen MR) is 113 cm³/mol. The second-order valence-corrected chi connectivity index (χ2v) is 9.86. The lowest BCUT2D eigenvalue weighted by Crippen LogP contribution is -2.33. The van der Waals surface area contributed by atoms with Crippen LogP contribution < -0.4 is 4.90 Å². The highest BCUT2D eigenvalue weighted by molar-refractivity contribution is 6.23. The third kappa shape index (κ3) is 1.90. The van der Waals surface area contributed by atoms with Gasteiger partial charge in [0.05, 0.1) is 17.5 Å². The summed E-state index contributed by atoms with van der Waals surface area (Å²) in [4.78, 5) is 28.7. The molecule has 1 aliphatic heterocycles. The molecule has 148 valence electrons. The van der Waals surface area contributed by atoms with E-state index in [1.807, 2.05) is 30.3 Å². The standard InChI is InChI=1S/C26H27NO2/c1-12(2)17-15-10-11-16(17)20-19(15)21-18(13(3)4)22(20)24-23(21)25(28)27(26(24)29)14-8-6-5-7-9-14/h5-9,15-16,21-24H,10-11H2,1-4H3/t15-,16-,21-,22-,23-,24+/m1/s1. The third-order valence-corrected chi connectivity index (χ3v) is 8.20. The van der Waals surface area contributed by atoms with E-state index in [9.17, 15) is 9.59 Å². The number of para-hydroxylation sites is 1. The number of allylic oxidation sites excluding steroid dienone is 6. The number of carbonyl (C=O) groups excluding carboxylic acids is 2. The van der Waals surface area contributed by atoms with Gasteiger partial charge in [0, 0.05) is 23.7 Å². The van der Waals surface area contributed by atoms with Crippen molar-refractivity contribution >= 4 is 17.5 Å². The van der Waals surface area contributed by atoms with Gasteiger partial charge in [0.15, 0.2) is 0 Å². The molecule has 2 amide bonds. The van der Waals surface area contributed by atoms with Gasteiger partial charge in [-0.15, -0.1) is 0 Å². The van der Waals surface area contributed by atoms with E-state index < -0.39 is 0 Å². The number of rotatable bonds is 1. The first-order valence-electron chi connectivity index (χ1n) is 10.9. The maximum Gasteiger partial charge on any atom is 0.238 e. The summed E-state index contributed by atoms with van der Waals surface area (Å²) in [7, 11) is 0. The maximum absolute atomic E-state index is 13.6. The highest BCUT2D eigenvalue weighted by atomic mass is 16.2. The van der Waals surface area contributed by atoms with Crippen molar-refractivity contribution < 1.29 is 9.59 Å². The molecular weight excluding hydrogens is 358 g/mol. The molecule has 0 radical (unpaired) electrons. The third-order valence-electron chi connectivity index (χ3n) is 8.20. The molecule has 3 nitrogen and oxygen atoms in total. The number of benzene rings is 1. The maximum atomic E-state index is 13.6. The van der Waals surface area contributed by atoms with Crippen LogP contribution in [0.1, 0.15) is 40.5 Å². The van der Waals surface area contributed by atoms with Crippen LogP contribution in [0, 0.1) is 35.5 Å². The summed E-state index contributed by atoms with van der Waals surface area (Å²) in [6.45, 7) is 8.82. The Bertz CT molecular complexity index is 1010. The van der Waals surface area contributed by atoms with E-state index in [1.54, 1.807) is 5.57 Å². The van der Waals surface area contributed by atoms with Crippen molar-refractivity contribution in [2.45, 2.75) is 40.5 Å². The average Bonchev–Trinajstić information content (AvgIpc) is 3.45. The highest BCUT2D eigenvalue weighted by Gasteiger charge is 2.70. The van der Waals surface area contributed by atoms with Crippen molar-refractivity contribution in [2.24, 2.45) is 35.5 Å². The molecule has 4 bridgehead atoms. The normalized spacial score (nSPS) is 36.5. The van der Waals surface area contributed by atoms with E-state index >= 15 is 0 Å². The first-order valence-corrected chi connectivity index (χ1v) is 10.9. The number of nitrogens with zero attached hydrogens (tertiary/aromatic N) is 1. The van der Waals surface area contributed by atoms with Crippen LogP contribution in [0.25, 0.3) is 0 Å². The molecule has 5 aliphatic rings. The molecule has 0 N–H and O–H groups in total. The first kappa shape index (κ1) is 17.4. The van der Waals surface area contributed by atoms with Gasteiger partial charge in [-0.3, -0.25) is 9.59 Å². The summed E-state index contributed by atoms with van der Waals surface area (Å²) in [6.07, 6.45) is 2.43. The summed E-state index contributed by atoms with van der Waals surface area (Å²) in [5.74, 6) is 0.969. The summed E-state index contributed by atoms with van der Waals surface area (Å²) in [5, 5.41) is 0. The van der Waals surface area contributed by atoms with Gasteiger partial charge in [-0.1, -0.05) is 51.6 Å². The minimum absolute atomic E-state index is 0.0190. The molecule has 1 aromatic rings. The van der Waals surface area contributed by atoms with Crippen LogP contribution in [0.4, 0.5) is 5.69 Å². The van der Waals surface area contributed by atoms with Gasteiger partial charge in [-0.2, -0.15) is 0 Å². The van der Waals surface area contributed by atoms with Crippen LogP contribution in [0.3, 0.4) is 0 Å².